The van der Waals surface area contributed by atoms with E-state index in [9.17, 15) is 4.79 Å². The van der Waals surface area contributed by atoms with Gasteiger partial charge in [0.25, 0.3) is 5.91 Å². The Morgan fingerprint density at radius 2 is 1.78 bits per heavy atom. The molecule has 0 unspecified atom stereocenters. The Labute approximate surface area is 218 Å². The number of carbonyl (C=O) groups is 1. The van der Waals surface area contributed by atoms with Crippen LogP contribution in [0.1, 0.15) is 53.6 Å². The molecule has 0 atom stereocenters. The molecule has 1 aliphatic carbocycles. The number of anilines is 2. The van der Waals surface area contributed by atoms with Gasteiger partial charge in [-0.2, -0.15) is 0 Å². The van der Waals surface area contributed by atoms with Crippen molar-refractivity contribution in [3.05, 3.63) is 83.6 Å². The van der Waals surface area contributed by atoms with Gasteiger partial charge in [-0.25, -0.2) is 4.98 Å². The molecule has 1 fully saturated rings. The van der Waals surface area contributed by atoms with Gasteiger partial charge < -0.3 is 21.3 Å². The Morgan fingerprint density at radius 3 is 2.51 bits per heavy atom. The van der Waals surface area contributed by atoms with Crippen LogP contribution in [0.5, 0.6) is 0 Å². The second-order valence-corrected chi connectivity index (χ2v) is 10.1. The number of nitrogens with zero attached hydrogens (tertiary/aromatic N) is 3. The Bertz CT molecular complexity index is 1370. The summed E-state index contributed by atoms with van der Waals surface area (Å²) in [5.41, 5.74) is 12.3. The van der Waals surface area contributed by atoms with Crippen molar-refractivity contribution < 1.29 is 4.79 Å². The molecular weight excluding hydrogens is 460 g/mol. The van der Waals surface area contributed by atoms with Gasteiger partial charge in [-0.15, -0.1) is 0 Å². The lowest BCUT2D eigenvalue weighted by molar-refractivity contribution is 0.0951. The van der Waals surface area contributed by atoms with Crippen molar-refractivity contribution in [3.8, 4) is 11.3 Å². The molecule has 7 nitrogen and oxygen atoms in total. The summed E-state index contributed by atoms with van der Waals surface area (Å²) < 4.78 is 2.07. The monoisotopic (exact) mass is 496 g/mol. The third-order valence-corrected chi connectivity index (χ3v) is 7.17. The van der Waals surface area contributed by atoms with Crippen LogP contribution in [-0.4, -0.2) is 35.4 Å². The van der Waals surface area contributed by atoms with E-state index in [0.29, 0.717) is 24.7 Å². The van der Waals surface area contributed by atoms with E-state index < -0.39 is 0 Å². The Hall–Kier alpha value is -3.84. The van der Waals surface area contributed by atoms with E-state index in [1.54, 1.807) is 0 Å². The SMILES string of the molecule is CN(C)c1ccc(-c2nc3cc(C(=O)NCc4cccc(CN)c4)ccn3c2NC2CCCCC2)cc1. The second kappa shape index (κ2) is 11.0. The van der Waals surface area contributed by atoms with Gasteiger partial charge >= 0.3 is 0 Å². The minimum atomic E-state index is -0.123. The highest BCUT2D eigenvalue weighted by molar-refractivity contribution is 5.95. The minimum Gasteiger partial charge on any atom is -0.378 e. The van der Waals surface area contributed by atoms with E-state index in [0.717, 1.165) is 52.4 Å². The van der Waals surface area contributed by atoms with Crippen LogP contribution in [0.25, 0.3) is 16.9 Å². The standard InChI is InChI=1S/C30H36N6O/c1-35(2)26-13-11-23(12-14-26)28-29(33-25-9-4-3-5-10-25)36-16-15-24(18-27(36)34-28)30(37)32-20-22-8-6-7-21(17-22)19-31/h6-8,11-18,25,33H,3-5,9-10,19-20,31H2,1-2H3,(H,32,37). The van der Waals surface area contributed by atoms with Crippen molar-refractivity contribution in [1.82, 2.24) is 14.7 Å². The van der Waals surface area contributed by atoms with E-state index in [-0.39, 0.29) is 5.91 Å². The summed E-state index contributed by atoms with van der Waals surface area (Å²) in [5.74, 6) is 0.868. The number of nitrogens with one attached hydrogen (secondary N) is 2. The summed E-state index contributed by atoms with van der Waals surface area (Å²) in [5, 5.41) is 6.82. The zero-order valence-electron chi connectivity index (χ0n) is 21.7. The highest BCUT2D eigenvalue weighted by atomic mass is 16.1. The molecule has 0 radical (unpaired) electrons. The van der Waals surface area contributed by atoms with E-state index >= 15 is 0 Å². The summed E-state index contributed by atoms with van der Waals surface area (Å²) >= 11 is 0. The number of hydrogen-bond donors (Lipinski definition) is 3. The van der Waals surface area contributed by atoms with Gasteiger partial charge in [0, 0.05) is 56.2 Å². The molecule has 1 amide bonds. The molecule has 0 spiro atoms. The number of aromatic nitrogens is 2. The molecule has 37 heavy (non-hydrogen) atoms. The van der Waals surface area contributed by atoms with E-state index in [1.165, 1.54) is 19.3 Å². The lowest BCUT2D eigenvalue weighted by Gasteiger charge is -2.24. The van der Waals surface area contributed by atoms with Gasteiger partial charge in [-0.1, -0.05) is 55.7 Å². The number of rotatable bonds is 8. The lowest BCUT2D eigenvalue weighted by Crippen LogP contribution is -2.24. The number of benzene rings is 2. The number of carbonyl (C=O) groups excluding carboxylic acids is 1. The van der Waals surface area contributed by atoms with Crippen LogP contribution < -0.4 is 21.3 Å². The molecule has 2 aromatic carbocycles. The predicted molar refractivity (Wildman–Crippen MR) is 151 cm³/mol. The number of imidazole rings is 1. The first-order valence-corrected chi connectivity index (χ1v) is 13.1. The van der Waals surface area contributed by atoms with Gasteiger partial charge in [0.2, 0.25) is 0 Å². The highest BCUT2D eigenvalue weighted by Gasteiger charge is 2.20. The summed E-state index contributed by atoms with van der Waals surface area (Å²) in [7, 11) is 4.08. The Kier molecular flexibility index (Phi) is 7.42. The molecular formula is C30H36N6O. The number of pyridine rings is 1. The van der Waals surface area contributed by atoms with Crippen LogP contribution in [0.3, 0.4) is 0 Å². The van der Waals surface area contributed by atoms with E-state index in [1.807, 2.05) is 56.7 Å². The van der Waals surface area contributed by atoms with Crippen molar-refractivity contribution >= 4 is 23.1 Å². The highest BCUT2D eigenvalue weighted by Crippen LogP contribution is 2.32. The van der Waals surface area contributed by atoms with Gasteiger partial charge in [0.05, 0.1) is 0 Å². The van der Waals surface area contributed by atoms with Crippen molar-refractivity contribution in [2.75, 3.05) is 24.3 Å². The second-order valence-electron chi connectivity index (χ2n) is 10.1. The lowest BCUT2D eigenvalue weighted by atomic mass is 9.95. The first-order valence-electron chi connectivity index (χ1n) is 13.1. The first-order chi connectivity index (χ1) is 18.0. The van der Waals surface area contributed by atoms with Crippen LogP contribution >= 0.6 is 0 Å². The fraction of sp³-hybridized carbons (Fsp3) is 0.333. The smallest absolute Gasteiger partial charge is 0.251 e. The van der Waals surface area contributed by atoms with Gasteiger partial charge in [-0.05, 0) is 48.2 Å². The van der Waals surface area contributed by atoms with Crippen LogP contribution in [-0.2, 0) is 13.1 Å². The average Bonchev–Trinajstić information content (AvgIpc) is 3.29. The normalized spacial score (nSPS) is 14.0. The molecule has 4 N–H and O–H groups in total. The maximum Gasteiger partial charge on any atom is 0.251 e. The van der Waals surface area contributed by atoms with Crippen molar-refractivity contribution in [2.24, 2.45) is 5.73 Å². The van der Waals surface area contributed by atoms with Crippen molar-refractivity contribution in [3.63, 3.8) is 0 Å². The molecule has 192 valence electrons. The molecule has 0 bridgehead atoms. The average molecular weight is 497 g/mol. The summed E-state index contributed by atoms with van der Waals surface area (Å²) in [4.78, 5) is 20.1. The molecule has 1 saturated carbocycles. The molecule has 2 aromatic heterocycles. The summed E-state index contributed by atoms with van der Waals surface area (Å²) in [6, 6.07) is 20.6. The molecule has 1 aliphatic rings. The summed E-state index contributed by atoms with van der Waals surface area (Å²) in [6.45, 7) is 0.931. The van der Waals surface area contributed by atoms with Crippen molar-refractivity contribution in [2.45, 2.75) is 51.2 Å². The van der Waals surface area contributed by atoms with Gasteiger partial charge in [0.15, 0.2) is 0 Å². The number of amides is 1. The summed E-state index contributed by atoms with van der Waals surface area (Å²) in [6.07, 6.45) is 8.09. The van der Waals surface area contributed by atoms with Gasteiger partial charge in [0.1, 0.15) is 17.2 Å². The molecule has 0 saturated heterocycles. The third kappa shape index (κ3) is 5.62. The molecule has 0 aliphatic heterocycles. The predicted octanol–water partition coefficient (Wildman–Crippen LogP) is 5.20. The number of hydrogen-bond acceptors (Lipinski definition) is 5. The van der Waals surface area contributed by atoms with Crippen molar-refractivity contribution in [1.29, 1.82) is 0 Å². The van der Waals surface area contributed by atoms with E-state index in [2.05, 4.69) is 44.2 Å². The minimum absolute atomic E-state index is 0.123. The molecule has 7 heteroatoms. The maximum absolute atomic E-state index is 13.0. The fourth-order valence-corrected chi connectivity index (χ4v) is 5.03. The zero-order chi connectivity index (χ0) is 25.8. The van der Waals surface area contributed by atoms with Crippen LogP contribution in [0.15, 0.2) is 66.9 Å². The largest absolute Gasteiger partial charge is 0.378 e. The quantitative estimate of drug-likeness (QED) is 0.312. The Morgan fingerprint density at radius 1 is 1.03 bits per heavy atom. The fourth-order valence-electron chi connectivity index (χ4n) is 5.03. The number of fused-ring (bicyclic) bond motifs is 1. The van der Waals surface area contributed by atoms with Gasteiger partial charge in [-0.3, -0.25) is 9.20 Å². The maximum atomic E-state index is 13.0. The molecule has 5 rings (SSSR count). The topological polar surface area (TPSA) is 87.7 Å². The molecule has 4 aromatic rings. The van der Waals surface area contributed by atoms with Crippen LogP contribution in [0, 0.1) is 0 Å². The zero-order valence-corrected chi connectivity index (χ0v) is 21.7. The van der Waals surface area contributed by atoms with E-state index in [4.69, 9.17) is 10.7 Å². The van der Waals surface area contributed by atoms with Crippen LogP contribution in [0.4, 0.5) is 11.5 Å². The first kappa shape index (κ1) is 24.8. The van der Waals surface area contributed by atoms with Crippen LogP contribution in [0.2, 0.25) is 0 Å². The Balaban J connectivity index is 1.44. The third-order valence-electron chi connectivity index (χ3n) is 7.17. The molecule has 2 heterocycles. The number of nitrogens with two attached hydrogens (primary N) is 1.